The second-order valence-electron chi connectivity index (χ2n) is 5.77. The van der Waals surface area contributed by atoms with Crippen LogP contribution in [0.25, 0.3) is 10.6 Å². The molecule has 0 bridgehead atoms. The van der Waals surface area contributed by atoms with E-state index < -0.39 is 0 Å². The van der Waals surface area contributed by atoms with Crippen LogP contribution in [0.1, 0.15) is 16.1 Å². The van der Waals surface area contributed by atoms with E-state index in [4.69, 9.17) is 4.74 Å². The summed E-state index contributed by atoms with van der Waals surface area (Å²) in [5.41, 5.74) is 3.57. The summed E-state index contributed by atoms with van der Waals surface area (Å²) in [6.45, 7) is 3.95. The van der Waals surface area contributed by atoms with Crippen LogP contribution >= 0.6 is 11.3 Å². The third-order valence-corrected chi connectivity index (χ3v) is 5.02. The van der Waals surface area contributed by atoms with E-state index in [0.29, 0.717) is 11.4 Å². The molecule has 25 heavy (non-hydrogen) atoms. The van der Waals surface area contributed by atoms with Crippen molar-refractivity contribution in [3.63, 3.8) is 0 Å². The molecule has 0 fully saturated rings. The lowest BCUT2D eigenvalue weighted by Gasteiger charge is -2.12. The zero-order chi connectivity index (χ0) is 17.8. The minimum Gasteiger partial charge on any atom is -0.495 e. The Morgan fingerprint density at radius 1 is 1.12 bits per heavy atom. The summed E-state index contributed by atoms with van der Waals surface area (Å²) in [6, 6.07) is 15.7. The quantitative estimate of drug-likeness (QED) is 0.729. The molecular formula is C20H20N2O2S. The molecule has 2 aromatic carbocycles. The molecule has 0 aliphatic heterocycles. The van der Waals surface area contributed by atoms with E-state index in [1.807, 2.05) is 62.4 Å². The number of hydrogen-bond acceptors (Lipinski definition) is 4. The van der Waals surface area contributed by atoms with Gasteiger partial charge in [-0.3, -0.25) is 4.79 Å². The Morgan fingerprint density at radius 2 is 1.88 bits per heavy atom. The zero-order valence-electron chi connectivity index (χ0n) is 14.5. The highest BCUT2D eigenvalue weighted by Gasteiger charge is 2.15. The number of para-hydroxylation sites is 1. The first kappa shape index (κ1) is 17.2. The van der Waals surface area contributed by atoms with Gasteiger partial charge in [0.2, 0.25) is 5.91 Å². The van der Waals surface area contributed by atoms with Gasteiger partial charge < -0.3 is 10.1 Å². The molecule has 3 aromatic rings. The molecule has 0 saturated heterocycles. The lowest BCUT2D eigenvalue weighted by atomic mass is 10.1. The van der Waals surface area contributed by atoms with E-state index in [2.05, 4.69) is 10.3 Å². The molecule has 1 amide bonds. The van der Waals surface area contributed by atoms with Crippen molar-refractivity contribution in [2.24, 2.45) is 0 Å². The molecule has 4 nitrogen and oxygen atoms in total. The minimum absolute atomic E-state index is 0.0967. The topological polar surface area (TPSA) is 51.2 Å². The molecule has 1 N–H and O–H groups in total. The Kier molecular flexibility index (Phi) is 5.14. The maximum Gasteiger partial charge on any atom is 0.230 e. The van der Waals surface area contributed by atoms with Crippen LogP contribution in [0.15, 0.2) is 48.5 Å². The fourth-order valence-electron chi connectivity index (χ4n) is 2.60. The van der Waals surface area contributed by atoms with Crippen molar-refractivity contribution >= 4 is 22.9 Å². The zero-order valence-corrected chi connectivity index (χ0v) is 15.3. The van der Waals surface area contributed by atoms with Crippen LogP contribution < -0.4 is 10.1 Å². The van der Waals surface area contributed by atoms with Crippen molar-refractivity contribution in [3.8, 4) is 16.3 Å². The van der Waals surface area contributed by atoms with Crippen LogP contribution in [0.3, 0.4) is 0 Å². The lowest BCUT2D eigenvalue weighted by molar-refractivity contribution is -0.115. The maximum atomic E-state index is 12.5. The Hall–Kier alpha value is -2.66. The number of rotatable bonds is 5. The van der Waals surface area contributed by atoms with Gasteiger partial charge in [-0.05, 0) is 25.5 Å². The van der Waals surface area contributed by atoms with Gasteiger partial charge in [-0.15, -0.1) is 11.3 Å². The van der Waals surface area contributed by atoms with Crippen molar-refractivity contribution in [2.45, 2.75) is 20.3 Å². The number of anilines is 1. The lowest BCUT2D eigenvalue weighted by Crippen LogP contribution is -2.16. The summed E-state index contributed by atoms with van der Waals surface area (Å²) in [6.07, 6.45) is 0.243. The number of aryl methyl sites for hydroxylation is 2. The van der Waals surface area contributed by atoms with E-state index in [0.717, 1.165) is 26.7 Å². The van der Waals surface area contributed by atoms with Crippen LogP contribution in [0.4, 0.5) is 5.69 Å². The second kappa shape index (κ2) is 7.49. The van der Waals surface area contributed by atoms with Crippen molar-refractivity contribution in [3.05, 3.63) is 64.7 Å². The molecule has 0 atom stereocenters. The van der Waals surface area contributed by atoms with Crippen molar-refractivity contribution < 1.29 is 9.53 Å². The molecular weight excluding hydrogens is 332 g/mol. The van der Waals surface area contributed by atoms with Gasteiger partial charge in [0.25, 0.3) is 0 Å². The van der Waals surface area contributed by atoms with Gasteiger partial charge in [0.15, 0.2) is 0 Å². The van der Waals surface area contributed by atoms with E-state index in [-0.39, 0.29) is 12.3 Å². The van der Waals surface area contributed by atoms with E-state index in [1.54, 1.807) is 18.4 Å². The second-order valence-corrected chi connectivity index (χ2v) is 6.97. The summed E-state index contributed by atoms with van der Waals surface area (Å²) in [5.74, 6) is 0.564. The molecule has 0 saturated carbocycles. The maximum absolute atomic E-state index is 12.5. The monoisotopic (exact) mass is 352 g/mol. The van der Waals surface area contributed by atoms with Crippen LogP contribution in [0.2, 0.25) is 0 Å². The number of carbonyl (C=O) groups excluding carboxylic acids is 1. The minimum atomic E-state index is -0.0967. The normalized spacial score (nSPS) is 10.5. The third kappa shape index (κ3) is 3.88. The van der Waals surface area contributed by atoms with Gasteiger partial charge in [-0.1, -0.05) is 42.5 Å². The van der Waals surface area contributed by atoms with Crippen LogP contribution in [-0.4, -0.2) is 18.0 Å². The van der Waals surface area contributed by atoms with Crippen molar-refractivity contribution in [2.75, 3.05) is 12.4 Å². The summed E-state index contributed by atoms with van der Waals surface area (Å²) >= 11 is 1.61. The number of carbonyl (C=O) groups is 1. The van der Waals surface area contributed by atoms with E-state index in [9.17, 15) is 4.79 Å². The highest BCUT2D eigenvalue weighted by molar-refractivity contribution is 7.15. The largest absolute Gasteiger partial charge is 0.495 e. The molecule has 0 aliphatic rings. The average Bonchev–Trinajstić information content (AvgIpc) is 2.98. The van der Waals surface area contributed by atoms with Crippen LogP contribution in [0, 0.1) is 13.8 Å². The highest BCUT2D eigenvalue weighted by Crippen LogP contribution is 2.29. The van der Waals surface area contributed by atoms with E-state index in [1.165, 1.54) is 0 Å². The molecule has 0 unspecified atom stereocenters. The van der Waals surface area contributed by atoms with Gasteiger partial charge >= 0.3 is 0 Å². The Morgan fingerprint density at radius 3 is 2.60 bits per heavy atom. The fourth-order valence-corrected chi connectivity index (χ4v) is 3.54. The molecule has 1 heterocycles. The molecule has 1 aromatic heterocycles. The summed E-state index contributed by atoms with van der Waals surface area (Å²) < 4.78 is 5.33. The number of hydrogen-bond donors (Lipinski definition) is 1. The molecule has 128 valence electrons. The smallest absolute Gasteiger partial charge is 0.230 e. The van der Waals surface area contributed by atoms with Crippen LogP contribution in [0.5, 0.6) is 5.75 Å². The first-order valence-electron chi connectivity index (χ1n) is 8.03. The fraction of sp³-hybridized carbons (Fsp3) is 0.200. The first-order valence-corrected chi connectivity index (χ1v) is 8.85. The Balaban J connectivity index is 1.77. The van der Waals surface area contributed by atoms with Crippen molar-refractivity contribution in [1.82, 2.24) is 4.98 Å². The predicted octanol–water partition coefficient (Wildman–Crippen LogP) is 4.62. The molecule has 0 aliphatic carbocycles. The third-order valence-electron chi connectivity index (χ3n) is 3.96. The van der Waals surface area contributed by atoms with Gasteiger partial charge in [-0.25, -0.2) is 4.98 Å². The average molecular weight is 352 g/mol. The molecule has 5 heteroatoms. The number of thiazole rings is 1. The van der Waals surface area contributed by atoms with Gasteiger partial charge in [0.1, 0.15) is 10.8 Å². The number of nitrogens with one attached hydrogen (secondary N) is 1. The first-order chi connectivity index (χ1) is 12.1. The van der Waals surface area contributed by atoms with Crippen LogP contribution in [-0.2, 0) is 11.2 Å². The SMILES string of the molecule is COc1cccc(C)c1NC(=O)Cc1nc(-c2ccccc2)sc1C. The summed E-state index contributed by atoms with van der Waals surface area (Å²) in [4.78, 5) is 18.2. The Labute approximate surface area is 151 Å². The van der Waals surface area contributed by atoms with E-state index >= 15 is 0 Å². The summed E-state index contributed by atoms with van der Waals surface area (Å²) in [7, 11) is 1.60. The summed E-state index contributed by atoms with van der Waals surface area (Å²) in [5, 5.41) is 3.89. The molecule has 0 radical (unpaired) electrons. The number of benzene rings is 2. The van der Waals surface area contributed by atoms with Gasteiger partial charge in [0.05, 0.1) is 24.9 Å². The number of aromatic nitrogens is 1. The van der Waals surface area contributed by atoms with Crippen molar-refractivity contribution in [1.29, 1.82) is 0 Å². The number of methoxy groups -OCH3 is 1. The Bertz CT molecular complexity index is 888. The number of ether oxygens (including phenoxy) is 1. The predicted molar refractivity (Wildman–Crippen MR) is 102 cm³/mol. The molecule has 3 rings (SSSR count). The van der Waals surface area contributed by atoms with Gasteiger partial charge in [-0.2, -0.15) is 0 Å². The number of nitrogens with zero attached hydrogens (tertiary/aromatic N) is 1. The molecule has 0 spiro atoms. The van der Waals surface area contributed by atoms with Gasteiger partial charge in [0, 0.05) is 10.4 Å². The number of amides is 1. The highest BCUT2D eigenvalue weighted by atomic mass is 32.1. The standard InChI is InChI=1S/C20H20N2O2S/c1-13-8-7-11-17(24-3)19(13)22-18(23)12-16-14(2)25-20(21-16)15-9-5-4-6-10-15/h4-11H,12H2,1-3H3,(H,22,23).